The van der Waals surface area contributed by atoms with Crippen molar-refractivity contribution >= 4 is 21.8 Å². The van der Waals surface area contributed by atoms with Crippen LogP contribution in [0.3, 0.4) is 0 Å². The zero-order valence-electron chi connectivity index (χ0n) is 23.9. The van der Waals surface area contributed by atoms with Gasteiger partial charge in [-0.1, -0.05) is 114 Å². The number of para-hydroxylation sites is 2. The lowest BCUT2D eigenvalue weighted by molar-refractivity contribution is 0.867. The Morgan fingerprint density at radius 1 is 0.737 bits per heavy atom. The first-order chi connectivity index (χ1) is 18.8. The molecule has 0 saturated heterocycles. The second-order valence-electron chi connectivity index (χ2n) is 8.33. The van der Waals surface area contributed by atoms with Crippen LogP contribution in [0.25, 0.3) is 32.9 Å². The normalized spacial score (nSPS) is 10.3. The Morgan fingerprint density at radius 3 is 1.92 bits per heavy atom. The van der Waals surface area contributed by atoms with Gasteiger partial charge in [0.05, 0.1) is 0 Å². The van der Waals surface area contributed by atoms with Crippen molar-refractivity contribution in [2.24, 2.45) is 0 Å². The van der Waals surface area contributed by atoms with E-state index >= 15 is 0 Å². The first-order valence-corrected chi connectivity index (χ1v) is 13.9. The fraction of sp³-hybridized carbons (Fsp3) is 0.243. The molecular formula is C37H39N. The maximum Gasteiger partial charge on any atom is 0.0494 e. The number of fused-ring (bicyclic) bond motifs is 6. The van der Waals surface area contributed by atoms with Gasteiger partial charge in [-0.25, -0.2) is 0 Å². The summed E-state index contributed by atoms with van der Waals surface area (Å²) in [7, 11) is 0. The molecule has 1 heteroatoms. The molecule has 1 aliphatic carbocycles. The molecule has 1 aliphatic rings. The Labute approximate surface area is 229 Å². The molecule has 0 spiro atoms. The van der Waals surface area contributed by atoms with E-state index < -0.39 is 0 Å². The van der Waals surface area contributed by atoms with Crippen LogP contribution in [-0.4, -0.2) is 4.57 Å². The standard InChI is InChI=1S/C31H21N.3C2H6/c1-3-9-25-22(4-2)15-16-23-19-24-18-21(14-17-26(24)31(23)25)20-32-29-12-7-5-10-27(29)28-11-6-8-13-30(28)32;3*1-2/h2,5-8,10-18H,19-20H2,1H3;3*1-2H3. The highest BCUT2D eigenvalue weighted by Crippen LogP contribution is 2.40. The molecule has 0 radical (unpaired) electrons. The van der Waals surface area contributed by atoms with E-state index in [1.165, 1.54) is 49.6 Å². The maximum absolute atomic E-state index is 5.77. The first kappa shape index (κ1) is 28.4. The topological polar surface area (TPSA) is 4.93 Å². The van der Waals surface area contributed by atoms with Gasteiger partial charge >= 0.3 is 0 Å². The molecule has 192 valence electrons. The summed E-state index contributed by atoms with van der Waals surface area (Å²) in [6, 6.07) is 28.4. The van der Waals surface area contributed by atoms with Gasteiger partial charge in [-0.05, 0) is 53.8 Å². The van der Waals surface area contributed by atoms with Crippen molar-refractivity contribution in [2.75, 3.05) is 0 Å². The summed E-state index contributed by atoms with van der Waals surface area (Å²) < 4.78 is 2.43. The Morgan fingerprint density at radius 2 is 1.34 bits per heavy atom. The molecule has 0 bridgehead atoms. The molecule has 0 fully saturated rings. The molecule has 1 nitrogen and oxygen atoms in total. The van der Waals surface area contributed by atoms with Crippen molar-refractivity contribution in [1.82, 2.24) is 4.57 Å². The molecule has 4 aromatic carbocycles. The monoisotopic (exact) mass is 497 g/mol. The smallest absolute Gasteiger partial charge is 0.0494 e. The lowest BCUT2D eigenvalue weighted by Gasteiger charge is -2.11. The van der Waals surface area contributed by atoms with Crippen LogP contribution in [0.5, 0.6) is 0 Å². The Kier molecular flexibility index (Phi) is 9.99. The Bertz CT molecular complexity index is 1590. The van der Waals surface area contributed by atoms with E-state index in [1.807, 2.05) is 54.5 Å². The lowest BCUT2D eigenvalue weighted by Crippen LogP contribution is -2.00. The number of nitrogens with zero attached hydrogens (tertiary/aromatic N) is 1. The first-order valence-electron chi connectivity index (χ1n) is 13.9. The number of terminal acetylenes is 1. The van der Waals surface area contributed by atoms with Crippen LogP contribution in [0.2, 0.25) is 0 Å². The molecule has 0 atom stereocenters. The van der Waals surface area contributed by atoms with E-state index in [9.17, 15) is 0 Å². The van der Waals surface area contributed by atoms with Crippen LogP contribution in [0.1, 0.15) is 76.3 Å². The van der Waals surface area contributed by atoms with E-state index in [-0.39, 0.29) is 0 Å². The van der Waals surface area contributed by atoms with Gasteiger partial charge in [0, 0.05) is 45.0 Å². The minimum atomic E-state index is 0.842. The van der Waals surface area contributed by atoms with Gasteiger partial charge in [0.15, 0.2) is 0 Å². The van der Waals surface area contributed by atoms with Crippen LogP contribution in [0, 0.1) is 24.2 Å². The molecule has 0 saturated carbocycles. The summed E-state index contributed by atoms with van der Waals surface area (Å²) >= 11 is 0. The molecule has 6 rings (SSSR count). The van der Waals surface area contributed by atoms with E-state index in [2.05, 4.69) is 95.1 Å². The molecular weight excluding hydrogens is 458 g/mol. The third-order valence-electron chi connectivity index (χ3n) is 6.54. The van der Waals surface area contributed by atoms with Gasteiger partial charge in [0.2, 0.25) is 0 Å². The van der Waals surface area contributed by atoms with Crippen LogP contribution in [0.4, 0.5) is 0 Å². The molecule has 0 unspecified atom stereocenters. The summed E-state index contributed by atoms with van der Waals surface area (Å²) in [6.45, 7) is 14.7. The van der Waals surface area contributed by atoms with Crippen molar-refractivity contribution in [2.45, 2.75) is 61.4 Å². The SMILES string of the molecule is C#Cc1ccc2c(c1C#CC)-c1ccc(Cn3c4ccccc4c4ccccc43)cc1C2.CC.CC.CC. The largest absolute Gasteiger partial charge is 0.336 e. The Hall–Kier alpha value is -4.20. The minimum Gasteiger partial charge on any atom is -0.336 e. The van der Waals surface area contributed by atoms with Gasteiger partial charge in [0.1, 0.15) is 0 Å². The average molecular weight is 498 g/mol. The molecule has 0 aliphatic heterocycles. The van der Waals surface area contributed by atoms with Gasteiger partial charge in [0.25, 0.3) is 0 Å². The van der Waals surface area contributed by atoms with Crippen molar-refractivity contribution in [3.8, 4) is 35.3 Å². The zero-order chi connectivity index (χ0) is 27.7. The summed E-state index contributed by atoms with van der Waals surface area (Å²) in [4.78, 5) is 0. The van der Waals surface area contributed by atoms with Gasteiger partial charge in [-0.2, -0.15) is 0 Å². The molecule has 0 amide bonds. The van der Waals surface area contributed by atoms with Crippen molar-refractivity contribution in [3.63, 3.8) is 0 Å². The van der Waals surface area contributed by atoms with Crippen LogP contribution < -0.4 is 0 Å². The van der Waals surface area contributed by atoms with E-state index in [0.29, 0.717) is 0 Å². The minimum absolute atomic E-state index is 0.842. The summed E-state index contributed by atoms with van der Waals surface area (Å²) in [6.07, 6.45) is 6.69. The molecule has 5 aromatic rings. The fourth-order valence-electron chi connectivity index (χ4n) is 5.17. The van der Waals surface area contributed by atoms with Crippen molar-refractivity contribution in [1.29, 1.82) is 0 Å². The predicted molar refractivity (Wildman–Crippen MR) is 168 cm³/mol. The predicted octanol–water partition coefficient (Wildman–Crippen LogP) is 9.85. The van der Waals surface area contributed by atoms with Gasteiger partial charge in [-0.3, -0.25) is 0 Å². The third kappa shape index (κ3) is 5.11. The van der Waals surface area contributed by atoms with E-state index in [1.54, 1.807) is 0 Å². The van der Waals surface area contributed by atoms with Crippen molar-refractivity contribution in [3.05, 3.63) is 107 Å². The summed E-state index contributed by atoms with van der Waals surface area (Å²) in [5.74, 6) is 9.12. The van der Waals surface area contributed by atoms with Gasteiger partial charge in [-0.15, -0.1) is 12.3 Å². The number of benzene rings is 4. The van der Waals surface area contributed by atoms with Crippen LogP contribution in [-0.2, 0) is 13.0 Å². The number of aromatic nitrogens is 1. The van der Waals surface area contributed by atoms with Crippen LogP contribution >= 0.6 is 0 Å². The van der Waals surface area contributed by atoms with E-state index in [0.717, 1.165) is 24.1 Å². The maximum atomic E-state index is 5.77. The zero-order valence-corrected chi connectivity index (χ0v) is 23.9. The molecule has 0 N–H and O–H groups in total. The average Bonchev–Trinajstić information content (AvgIpc) is 3.52. The summed E-state index contributed by atoms with van der Waals surface area (Å²) in [5.41, 5.74) is 10.9. The Balaban J connectivity index is 0.000000625. The quantitative estimate of drug-likeness (QED) is 0.210. The van der Waals surface area contributed by atoms with E-state index in [4.69, 9.17) is 6.42 Å². The fourth-order valence-corrected chi connectivity index (χ4v) is 5.17. The molecule has 1 aromatic heterocycles. The highest BCUT2D eigenvalue weighted by Gasteiger charge is 2.23. The second kappa shape index (κ2) is 13.4. The third-order valence-corrected chi connectivity index (χ3v) is 6.54. The lowest BCUT2D eigenvalue weighted by atomic mass is 9.95. The summed E-state index contributed by atoms with van der Waals surface area (Å²) in [5, 5.41) is 2.61. The number of hydrogen-bond donors (Lipinski definition) is 0. The van der Waals surface area contributed by atoms with Crippen molar-refractivity contribution < 1.29 is 0 Å². The van der Waals surface area contributed by atoms with Crippen LogP contribution in [0.15, 0.2) is 78.9 Å². The number of hydrogen-bond acceptors (Lipinski definition) is 0. The van der Waals surface area contributed by atoms with Gasteiger partial charge < -0.3 is 4.57 Å². The molecule has 38 heavy (non-hydrogen) atoms. The highest BCUT2D eigenvalue weighted by molar-refractivity contribution is 6.08. The number of rotatable bonds is 2. The highest BCUT2D eigenvalue weighted by atomic mass is 15.0. The molecule has 1 heterocycles. The second-order valence-corrected chi connectivity index (χ2v) is 8.33.